The Morgan fingerprint density at radius 3 is 2.80 bits per heavy atom. The van der Waals surface area contributed by atoms with Crippen molar-refractivity contribution >= 4 is 34.4 Å². The van der Waals surface area contributed by atoms with Gasteiger partial charge in [-0.15, -0.1) is 0 Å². The number of esters is 1. The predicted molar refractivity (Wildman–Crippen MR) is 110 cm³/mol. The molecule has 1 amide bonds. The number of carbonyl (C=O) groups is 2. The van der Waals surface area contributed by atoms with Crippen LogP contribution in [0.15, 0.2) is 57.7 Å². The van der Waals surface area contributed by atoms with Gasteiger partial charge in [0.15, 0.2) is 0 Å². The van der Waals surface area contributed by atoms with Crippen molar-refractivity contribution < 1.29 is 23.5 Å². The van der Waals surface area contributed by atoms with Gasteiger partial charge in [0.1, 0.15) is 16.9 Å². The van der Waals surface area contributed by atoms with Crippen LogP contribution in [0.3, 0.4) is 0 Å². The number of amides is 1. The van der Waals surface area contributed by atoms with Crippen molar-refractivity contribution in [2.45, 2.75) is 18.9 Å². The zero-order valence-electron chi connectivity index (χ0n) is 15.9. The molecule has 1 unspecified atom stereocenters. The molecule has 1 aliphatic heterocycles. The summed E-state index contributed by atoms with van der Waals surface area (Å²) in [5.41, 5.74) is -0.371. The number of rotatable bonds is 5. The van der Waals surface area contributed by atoms with Crippen molar-refractivity contribution in [3.63, 3.8) is 0 Å². The minimum Gasteiger partial charge on any atom is -0.423 e. The Balaban J connectivity index is 1.51. The molecule has 2 heterocycles. The lowest BCUT2D eigenvalue weighted by Crippen LogP contribution is -2.34. The van der Waals surface area contributed by atoms with Crippen LogP contribution in [0.5, 0.6) is 5.75 Å². The molecule has 0 radical (unpaired) electrons. The Hall–Kier alpha value is -3.16. The van der Waals surface area contributed by atoms with Gasteiger partial charge in [0.25, 0.3) is 5.91 Å². The van der Waals surface area contributed by atoms with Gasteiger partial charge in [0.05, 0.1) is 11.7 Å². The van der Waals surface area contributed by atoms with E-state index in [1.807, 2.05) is 0 Å². The summed E-state index contributed by atoms with van der Waals surface area (Å²) in [6.45, 7) is 1.03. The largest absolute Gasteiger partial charge is 0.423 e. The molecule has 2 aromatic carbocycles. The highest BCUT2D eigenvalue weighted by molar-refractivity contribution is 6.30. The van der Waals surface area contributed by atoms with Crippen LogP contribution in [0.1, 0.15) is 33.6 Å². The maximum atomic E-state index is 12.4. The Morgan fingerprint density at radius 2 is 2.03 bits per heavy atom. The maximum absolute atomic E-state index is 12.4. The van der Waals surface area contributed by atoms with Crippen molar-refractivity contribution in [1.82, 2.24) is 5.32 Å². The van der Waals surface area contributed by atoms with E-state index in [0.717, 1.165) is 12.8 Å². The van der Waals surface area contributed by atoms with E-state index in [4.69, 9.17) is 25.5 Å². The third kappa shape index (κ3) is 4.53. The summed E-state index contributed by atoms with van der Waals surface area (Å²) in [5, 5.41) is 3.65. The molecule has 0 aliphatic carbocycles. The molecule has 1 aromatic heterocycles. The highest BCUT2D eigenvalue weighted by Crippen LogP contribution is 2.22. The van der Waals surface area contributed by atoms with Crippen LogP contribution in [0, 0.1) is 0 Å². The van der Waals surface area contributed by atoms with Gasteiger partial charge in [-0.05, 0) is 49.2 Å². The quantitative estimate of drug-likeness (QED) is 0.380. The van der Waals surface area contributed by atoms with Gasteiger partial charge in [-0.25, -0.2) is 9.59 Å². The van der Waals surface area contributed by atoms with E-state index in [1.54, 1.807) is 30.3 Å². The first kappa shape index (κ1) is 20.1. The molecule has 1 aliphatic rings. The molecule has 1 N–H and O–H groups in total. The fourth-order valence-corrected chi connectivity index (χ4v) is 3.39. The van der Waals surface area contributed by atoms with Crippen molar-refractivity contribution in [3.8, 4) is 5.75 Å². The van der Waals surface area contributed by atoms with Crippen LogP contribution in [0.4, 0.5) is 0 Å². The van der Waals surface area contributed by atoms with Crippen molar-refractivity contribution in [1.29, 1.82) is 0 Å². The van der Waals surface area contributed by atoms with E-state index in [0.29, 0.717) is 29.1 Å². The summed E-state index contributed by atoms with van der Waals surface area (Å²) in [5.74, 6) is -0.909. The van der Waals surface area contributed by atoms with Gasteiger partial charge in [0, 0.05) is 29.6 Å². The van der Waals surface area contributed by atoms with Crippen LogP contribution < -0.4 is 15.7 Å². The summed E-state index contributed by atoms with van der Waals surface area (Å²) >= 11 is 5.89. The summed E-state index contributed by atoms with van der Waals surface area (Å²) in [6, 6.07) is 12.4. The summed E-state index contributed by atoms with van der Waals surface area (Å²) in [4.78, 5) is 36.9. The number of hydrogen-bond donors (Lipinski definition) is 1. The molecule has 30 heavy (non-hydrogen) atoms. The summed E-state index contributed by atoms with van der Waals surface area (Å²) < 4.78 is 16.1. The molecule has 1 saturated heterocycles. The Morgan fingerprint density at radius 1 is 1.17 bits per heavy atom. The fraction of sp³-hybridized carbons (Fsp3) is 0.227. The van der Waals surface area contributed by atoms with Gasteiger partial charge in [0.2, 0.25) is 0 Å². The molecule has 8 heteroatoms. The summed E-state index contributed by atoms with van der Waals surface area (Å²) in [7, 11) is 0. The van der Waals surface area contributed by atoms with Crippen molar-refractivity contribution in [2.75, 3.05) is 13.2 Å². The van der Waals surface area contributed by atoms with Crippen LogP contribution in [-0.4, -0.2) is 31.1 Å². The van der Waals surface area contributed by atoms with E-state index in [2.05, 4.69) is 5.32 Å². The van der Waals surface area contributed by atoms with Crippen LogP contribution in [0.25, 0.3) is 11.0 Å². The first-order valence-corrected chi connectivity index (χ1v) is 9.83. The second kappa shape index (κ2) is 8.69. The SMILES string of the molecule is O=C(Oc1ccc2cc(C(=O)NCC3CCCO3)c(=O)oc2c1)c1cccc(Cl)c1. The standard InChI is InChI=1S/C22H18ClNO6/c23-15-4-1-3-14(9-15)21(26)29-16-7-6-13-10-18(22(27)30-19(13)11-16)20(25)24-12-17-5-2-8-28-17/h1,3-4,6-7,9-11,17H,2,5,8,12H2,(H,24,25). The van der Waals surface area contributed by atoms with E-state index >= 15 is 0 Å². The highest BCUT2D eigenvalue weighted by Gasteiger charge is 2.19. The first-order valence-electron chi connectivity index (χ1n) is 9.45. The number of carbonyl (C=O) groups excluding carboxylic acids is 2. The maximum Gasteiger partial charge on any atom is 0.349 e. The van der Waals surface area contributed by atoms with Gasteiger partial charge in [-0.1, -0.05) is 17.7 Å². The lowest BCUT2D eigenvalue weighted by atomic mass is 10.1. The Labute approximate surface area is 176 Å². The van der Waals surface area contributed by atoms with E-state index in [9.17, 15) is 14.4 Å². The topological polar surface area (TPSA) is 94.8 Å². The zero-order chi connectivity index (χ0) is 21.1. The Bertz CT molecular complexity index is 1170. The number of fused-ring (bicyclic) bond motifs is 1. The number of ether oxygens (including phenoxy) is 2. The average molecular weight is 428 g/mol. The predicted octanol–water partition coefficient (Wildman–Crippen LogP) is 3.57. The van der Waals surface area contributed by atoms with Gasteiger partial charge in [-0.3, -0.25) is 4.79 Å². The second-order valence-corrected chi connectivity index (χ2v) is 7.33. The smallest absolute Gasteiger partial charge is 0.349 e. The zero-order valence-corrected chi connectivity index (χ0v) is 16.6. The minimum atomic E-state index is -0.773. The van der Waals surface area contributed by atoms with Gasteiger partial charge >= 0.3 is 11.6 Å². The number of benzene rings is 2. The van der Waals surface area contributed by atoms with Crippen molar-refractivity contribution in [3.05, 3.63) is 75.1 Å². The van der Waals surface area contributed by atoms with Crippen LogP contribution >= 0.6 is 11.6 Å². The first-order chi connectivity index (χ1) is 14.5. The molecule has 7 nitrogen and oxygen atoms in total. The molecule has 1 atom stereocenters. The molecular formula is C22H18ClNO6. The fourth-order valence-electron chi connectivity index (χ4n) is 3.20. The van der Waals surface area contributed by atoms with E-state index < -0.39 is 17.5 Å². The molecule has 0 bridgehead atoms. The molecule has 1 fully saturated rings. The normalized spacial score (nSPS) is 15.8. The lowest BCUT2D eigenvalue weighted by Gasteiger charge is -2.10. The summed E-state index contributed by atoms with van der Waals surface area (Å²) in [6.07, 6.45) is 1.81. The van der Waals surface area contributed by atoms with Gasteiger partial charge < -0.3 is 19.2 Å². The van der Waals surface area contributed by atoms with E-state index in [-0.39, 0.29) is 23.0 Å². The molecule has 0 spiro atoms. The average Bonchev–Trinajstić information content (AvgIpc) is 3.25. The highest BCUT2D eigenvalue weighted by atomic mass is 35.5. The van der Waals surface area contributed by atoms with E-state index in [1.165, 1.54) is 18.2 Å². The third-order valence-corrected chi connectivity index (χ3v) is 4.97. The lowest BCUT2D eigenvalue weighted by molar-refractivity contribution is 0.0734. The molecule has 4 rings (SSSR count). The van der Waals surface area contributed by atoms with Gasteiger partial charge in [-0.2, -0.15) is 0 Å². The number of hydrogen-bond acceptors (Lipinski definition) is 6. The molecular weight excluding hydrogens is 410 g/mol. The molecule has 3 aromatic rings. The molecule has 0 saturated carbocycles. The van der Waals surface area contributed by atoms with Crippen LogP contribution in [0.2, 0.25) is 5.02 Å². The minimum absolute atomic E-state index is 0.0295. The monoisotopic (exact) mass is 427 g/mol. The van der Waals surface area contributed by atoms with Crippen LogP contribution in [-0.2, 0) is 4.74 Å². The second-order valence-electron chi connectivity index (χ2n) is 6.89. The third-order valence-electron chi connectivity index (χ3n) is 4.74. The Kier molecular flexibility index (Phi) is 5.83. The molecule has 154 valence electrons. The van der Waals surface area contributed by atoms with Crippen molar-refractivity contribution in [2.24, 2.45) is 0 Å². The number of halogens is 1. The number of nitrogens with one attached hydrogen (secondary N) is 1.